The molecule has 0 saturated heterocycles. The Hall–Kier alpha value is -1.43. The van der Waals surface area contributed by atoms with Crippen molar-refractivity contribution < 1.29 is 14.2 Å². The van der Waals surface area contributed by atoms with Gasteiger partial charge in [0.05, 0.1) is 0 Å². The van der Waals surface area contributed by atoms with E-state index >= 15 is 0 Å². The van der Waals surface area contributed by atoms with Gasteiger partial charge in [0.25, 0.3) is 0 Å². The van der Waals surface area contributed by atoms with Crippen molar-refractivity contribution in [3.63, 3.8) is 0 Å². The fourth-order valence-electron chi connectivity index (χ4n) is 2.02. The van der Waals surface area contributed by atoms with Crippen molar-refractivity contribution >= 4 is 11.3 Å². The third-order valence-electron chi connectivity index (χ3n) is 3.16. The Balaban J connectivity index is 1.77. The number of nitrogens with one attached hydrogen (secondary N) is 1. The van der Waals surface area contributed by atoms with Crippen LogP contribution in [0.3, 0.4) is 0 Å². The number of aliphatic hydroxyl groups is 1. The van der Waals surface area contributed by atoms with Gasteiger partial charge in [-0.25, -0.2) is 4.39 Å². The summed E-state index contributed by atoms with van der Waals surface area (Å²) in [7, 11) is 0. The first-order chi connectivity index (χ1) is 10.2. The zero-order valence-electron chi connectivity index (χ0n) is 12.0. The van der Waals surface area contributed by atoms with E-state index in [9.17, 15) is 9.50 Å². The standard InChI is InChI=1S/C16H20FNO2S/c1-2-14(16-8-5-9-21-16)18-10-12(19)11-20-15-7-4-3-6-13(15)17/h3-9,12,14,18-19H,2,10-11H2,1H3. The maximum Gasteiger partial charge on any atom is 0.165 e. The molecule has 1 heterocycles. The van der Waals surface area contributed by atoms with Gasteiger partial charge >= 0.3 is 0 Å². The van der Waals surface area contributed by atoms with E-state index in [1.165, 1.54) is 10.9 Å². The van der Waals surface area contributed by atoms with Gasteiger partial charge in [0.15, 0.2) is 11.6 Å². The SMILES string of the molecule is CCC(NCC(O)COc1ccccc1F)c1cccs1. The number of thiophene rings is 1. The number of aliphatic hydroxyl groups excluding tert-OH is 1. The largest absolute Gasteiger partial charge is 0.488 e. The van der Waals surface area contributed by atoms with Crippen LogP contribution in [0.15, 0.2) is 41.8 Å². The summed E-state index contributed by atoms with van der Waals surface area (Å²) in [5.74, 6) is -0.246. The summed E-state index contributed by atoms with van der Waals surface area (Å²) in [6, 6.07) is 10.5. The van der Waals surface area contributed by atoms with Crippen molar-refractivity contribution in [2.24, 2.45) is 0 Å². The third kappa shape index (κ3) is 4.81. The molecule has 0 saturated carbocycles. The maximum atomic E-state index is 13.4. The molecule has 0 bridgehead atoms. The van der Waals surface area contributed by atoms with Crippen molar-refractivity contribution in [1.82, 2.24) is 5.32 Å². The second-order valence-corrected chi connectivity index (χ2v) is 5.76. The molecule has 2 aromatic rings. The van der Waals surface area contributed by atoms with Crippen LogP contribution >= 0.6 is 11.3 Å². The number of para-hydroxylation sites is 1. The average molecular weight is 309 g/mol. The lowest BCUT2D eigenvalue weighted by atomic mass is 10.2. The lowest BCUT2D eigenvalue weighted by Crippen LogP contribution is -2.33. The number of rotatable bonds is 8. The lowest BCUT2D eigenvalue weighted by Gasteiger charge is -2.19. The topological polar surface area (TPSA) is 41.5 Å². The molecule has 0 amide bonds. The Labute approximate surface area is 128 Å². The lowest BCUT2D eigenvalue weighted by molar-refractivity contribution is 0.101. The third-order valence-corrected chi connectivity index (χ3v) is 4.15. The second-order valence-electron chi connectivity index (χ2n) is 4.78. The molecule has 2 N–H and O–H groups in total. The Morgan fingerprint density at radius 2 is 2.10 bits per heavy atom. The predicted molar refractivity (Wildman–Crippen MR) is 83.3 cm³/mol. The number of benzene rings is 1. The molecule has 1 aromatic carbocycles. The molecule has 2 atom stereocenters. The fraction of sp³-hybridized carbons (Fsp3) is 0.375. The normalized spacial score (nSPS) is 13.9. The van der Waals surface area contributed by atoms with Crippen molar-refractivity contribution in [3.8, 4) is 5.75 Å². The highest BCUT2D eigenvalue weighted by molar-refractivity contribution is 7.10. The highest BCUT2D eigenvalue weighted by Gasteiger charge is 2.13. The van der Waals surface area contributed by atoms with E-state index in [0.717, 1.165) is 6.42 Å². The molecule has 3 nitrogen and oxygen atoms in total. The molecule has 2 rings (SSSR count). The summed E-state index contributed by atoms with van der Waals surface area (Å²) < 4.78 is 18.7. The molecule has 0 fully saturated rings. The summed E-state index contributed by atoms with van der Waals surface area (Å²) in [6.45, 7) is 2.57. The molecule has 0 spiro atoms. The number of halogens is 1. The quantitative estimate of drug-likeness (QED) is 0.785. The molecular weight excluding hydrogens is 289 g/mol. The second kappa shape index (κ2) is 8.12. The van der Waals surface area contributed by atoms with Crippen LogP contribution in [0, 0.1) is 5.82 Å². The number of ether oxygens (including phenoxy) is 1. The number of hydrogen-bond donors (Lipinski definition) is 2. The van der Waals surface area contributed by atoms with Gasteiger partial charge < -0.3 is 15.2 Å². The molecule has 0 aliphatic carbocycles. The predicted octanol–water partition coefficient (Wildman–Crippen LogP) is 3.37. The molecule has 1 aromatic heterocycles. The first kappa shape index (κ1) is 15.9. The van der Waals surface area contributed by atoms with Gasteiger partial charge in [0.2, 0.25) is 0 Å². The van der Waals surface area contributed by atoms with E-state index in [-0.39, 0.29) is 18.4 Å². The minimum atomic E-state index is -0.682. The van der Waals surface area contributed by atoms with Crippen LogP contribution in [-0.2, 0) is 0 Å². The average Bonchev–Trinajstić information content (AvgIpc) is 3.01. The highest BCUT2D eigenvalue weighted by Crippen LogP contribution is 2.21. The van der Waals surface area contributed by atoms with Gasteiger partial charge in [-0.1, -0.05) is 25.1 Å². The molecule has 0 aliphatic rings. The van der Waals surface area contributed by atoms with E-state index in [4.69, 9.17) is 4.74 Å². The molecule has 0 aliphatic heterocycles. The smallest absolute Gasteiger partial charge is 0.165 e. The zero-order chi connectivity index (χ0) is 15.1. The molecule has 2 unspecified atom stereocenters. The molecule has 114 valence electrons. The maximum absolute atomic E-state index is 13.4. The zero-order valence-corrected chi connectivity index (χ0v) is 12.8. The Morgan fingerprint density at radius 1 is 1.29 bits per heavy atom. The summed E-state index contributed by atoms with van der Waals surface area (Å²) in [5, 5.41) is 15.3. The molecule has 0 radical (unpaired) electrons. The van der Waals surface area contributed by atoms with Crippen molar-refractivity contribution in [2.75, 3.05) is 13.2 Å². The van der Waals surface area contributed by atoms with E-state index in [1.54, 1.807) is 29.5 Å². The van der Waals surface area contributed by atoms with Crippen LogP contribution < -0.4 is 10.1 Å². The van der Waals surface area contributed by atoms with Gasteiger partial charge in [-0.05, 0) is 30.0 Å². The first-order valence-electron chi connectivity index (χ1n) is 7.03. The van der Waals surface area contributed by atoms with Crippen LogP contribution in [0.25, 0.3) is 0 Å². The number of hydrogen-bond acceptors (Lipinski definition) is 4. The van der Waals surface area contributed by atoms with E-state index in [2.05, 4.69) is 18.3 Å². The molecule has 5 heteroatoms. The fourth-order valence-corrected chi connectivity index (χ4v) is 2.91. The van der Waals surface area contributed by atoms with E-state index < -0.39 is 11.9 Å². The summed E-state index contributed by atoms with van der Waals surface area (Å²) in [4.78, 5) is 1.25. The highest BCUT2D eigenvalue weighted by atomic mass is 32.1. The van der Waals surface area contributed by atoms with Crippen LogP contribution in [0.1, 0.15) is 24.3 Å². The molecular formula is C16H20FNO2S. The van der Waals surface area contributed by atoms with Gasteiger partial charge in [0.1, 0.15) is 12.7 Å². The Bertz CT molecular complexity index is 533. The minimum absolute atomic E-state index is 0.0643. The van der Waals surface area contributed by atoms with Crippen LogP contribution in [-0.4, -0.2) is 24.4 Å². The van der Waals surface area contributed by atoms with Gasteiger partial charge in [-0.15, -0.1) is 11.3 Å². The van der Waals surface area contributed by atoms with Crippen LogP contribution in [0.2, 0.25) is 0 Å². The monoisotopic (exact) mass is 309 g/mol. The van der Waals surface area contributed by atoms with Gasteiger partial charge in [0, 0.05) is 17.5 Å². The molecule has 21 heavy (non-hydrogen) atoms. The van der Waals surface area contributed by atoms with Crippen LogP contribution in [0.5, 0.6) is 5.75 Å². The first-order valence-corrected chi connectivity index (χ1v) is 7.90. The summed E-state index contributed by atoms with van der Waals surface area (Å²) >= 11 is 1.69. The van der Waals surface area contributed by atoms with Crippen molar-refractivity contribution in [1.29, 1.82) is 0 Å². The van der Waals surface area contributed by atoms with Crippen molar-refractivity contribution in [2.45, 2.75) is 25.5 Å². The van der Waals surface area contributed by atoms with Gasteiger partial charge in [-0.3, -0.25) is 0 Å². The summed E-state index contributed by atoms with van der Waals surface area (Å²) in [6.07, 6.45) is 0.264. The van der Waals surface area contributed by atoms with E-state index in [0.29, 0.717) is 6.54 Å². The van der Waals surface area contributed by atoms with Gasteiger partial charge in [-0.2, -0.15) is 0 Å². The van der Waals surface area contributed by atoms with Crippen molar-refractivity contribution in [3.05, 3.63) is 52.5 Å². The summed E-state index contributed by atoms with van der Waals surface area (Å²) in [5.41, 5.74) is 0. The Morgan fingerprint density at radius 3 is 2.76 bits per heavy atom. The van der Waals surface area contributed by atoms with Crippen LogP contribution in [0.4, 0.5) is 4.39 Å². The Kier molecular flexibility index (Phi) is 6.17. The minimum Gasteiger partial charge on any atom is -0.488 e. The van der Waals surface area contributed by atoms with E-state index in [1.807, 2.05) is 11.4 Å².